The zero-order valence-corrected chi connectivity index (χ0v) is 10.1. The summed E-state index contributed by atoms with van der Waals surface area (Å²) in [4.78, 5) is 12.6. The molecule has 1 aromatic rings. The van der Waals surface area contributed by atoms with E-state index in [1.807, 2.05) is 0 Å². The van der Waals surface area contributed by atoms with Crippen LogP contribution in [0.2, 0.25) is 0 Å². The summed E-state index contributed by atoms with van der Waals surface area (Å²) in [7, 11) is -3.29. The second kappa shape index (κ2) is 4.03. The number of carboxylic acids is 1. The van der Waals surface area contributed by atoms with Crippen molar-refractivity contribution in [2.24, 2.45) is 0 Å². The molecule has 0 bridgehead atoms. The highest BCUT2D eigenvalue weighted by Gasteiger charge is 2.33. The average Bonchev–Trinajstić information content (AvgIpc) is 2.23. The lowest BCUT2D eigenvalue weighted by molar-refractivity contribution is -0.135. The average molecular weight is 255 g/mol. The van der Waals surface area contributed by atoms with Gasteiger partial charge in [-0.15, -0.1) is 0 Å². The van der Waals surface area contributed by atoms with Gasteiger partial charge in [0.1, 0.15) is 6.54 Å². The molecule has 0 amide bonds. The molecule has 0 spiro atoms. The normalized spacial score (nSPS) is 21.9. The fraction of sp³-hybridized carbons (Fsp3) is 0.364. The second-order valence-corrected chi connectivity index (χ2v) is 6.12. The fourth-order valence-corrected chi connectivity index (χ4v) is 3.86. The van der Waals surface area contributed by atoms with Crippen LogP contribution in [0.25, 0.3) is 0 Å². The predicted molar refractivity (Wildman–Crippen MR) is 62.9 cm³/mol. The lowest BCUT2D eigenvalue weighted by Gasteiger charge is -2.35. The van der Waals surface area contributed by atoms with Gasteiger partial charge in [-0.3, -0.25) is 4.79 Å². The highest BCUT2D eigenvalue weighted by Crippen LogP contribution is 2.32. The minimum Gasteiger partial charge on any atom is -0.480 e. The Morgan fingerprint density at radius 2 is 2.12 bits per heavy atom. The number of benzene rings is 1. The molecule has 1 atom stereocenters. The Labute approximate surface area is 99.6 Å². The maximum Gasteiger partial charge on any atom is 0.323 e. The Morgan fingerprint density at radius 1 is 1.47 bits per heavy atom. The Kier molecular flexibility index (Phi) is 2.82. The first kappa shape index (κ1) is 11.9. The van der Waals surface area contributed by atoms with E-state index >= 15 is 0 Å². The van der Waals surface area contributed by atoms with Crippen LogP contribution < -0.4 is 4.90 Å². The SMILES string of the molecule is CC1CS(=O)(=O)c2ccccc2N1CC(=O)O. The summed E-state index contributed by atoms with van der Waals surface area (Å²) in [5.74, 6) is -1.01. The Hall–Kier alpha value is -1.56. The van der Waals surface area contributed by atoms with Crippen LogP contribution in [0.5, 0.6) is 0 Å². The topological polar surface area (TPSA) is 74.7 Å². The van der Waals surface area contributed by atoms with Crippen LogP contribution >= 0.6 is 0 Å². The van der Waals surface area contributed by atoms with E-state index in [4.69, 9.17) is 5.11 Å². The van der Waals surface area contributed by atoms with Crippen LogP contribution in [0.4, 0.5) is 5.69 Å². The van der Waals surface area contributed by atoms with Gasteiger partial charge < -0.3 is 10.0 Å². The largest absolute Gasteiger partial charge is 0.480 e. The minimum absolute atomic E-state index is 0.0444. The monoisotopic (exact) mass is 255 g/mol. The first-order valence-electron chi connectivity index (χ1n) is 5.22. The lowest BCUT2D eigenvalue weighted by Crippen LogP contribution is -2.45. The van der Waals surface area contributed by atoms with Crippen LogP contribution in [-0.2, 0) is 14.6 Å². The molecular formula is C11H13NO4S. The molecule has 1 aromatic carbocycles. The van der Waals surface area contributed by atoms with Crippen LogP contribution in [0.15, 0.2) is 29.2 Å². The van der Waals surface area contributed by atoms with Gasteiger partial charge in [-0.2, -0.15) is 0 Å². The van der Waals surface area contributed by atoms with Crippen molar-refractivity contribution in [1.82, 2.24) is 0 Å². The highest BCUT2D eigenvalue weighted by molar-refractivity contribution is 7.91. The molecule has 6 heteroatoms. The first-order chi connectivity index (χ1) is 7.92. The van der Waals surface area contributed by atoms with Gasteiger partial charge in [0.05, 0.1) is 16.3 Å². The van der Waals surface area contributed by atoms with E-state index in [9.17, 15) is 13.2 Å². The molecule has 1 N–H and O–H groups in total. The van der Waals surface area contributed by atoms with Crippen molar-refractivity contribution in [3.05, 3.63) is 24.3 Å². The van der Waals surface area contributed by atoms with Crippen molar-refractivity contribution >= 4 is 21.5 Å². The van der Waals surface area contributed by atoms with Crippen molar-refractivity contribution in [3.8, 4) is 0 Å². The van der Waals surface area contributed by atoms with Crippen molar-refractivity contribution in [1.29, 1.82) is 0 Å². The number of aliphatic carboxylic acids is 1. The van der Waals surface area contributed by atoms with Crippen molar-refractivity contribution in [2.75, 3.05) is 17.2 Å². The molecule has 0 aliphatic carbocycles. The zero-order chi connectivity index (χ0) is 12.6. The summed E-state index contributed by atoms with van der Waals surface area (Å²) in [6, 6.07) is 6.19. The third-order valence-electron chi connectivity index (χ3n) is 2.81. The zero-order valence-electron chi connectivity index (χ0n) is 9.33. The van der Waals surface area contributed by atoms with Gasteiger partial charge in [-0.1, -0.05) is 12.1 Å². The third-order valence-corrected chi connectivity index (χ3v) is 4.74. The standard InChI is InChI=1S/C11H13NO4S/c1-8-7-17(15,16)10-5-3-2-4-9(10)12(8)6-11(13)14/h2-5,8H,6-7H2,1H3,(H,13,14). The van der Waals surface area contributed by atoms with Crippen LogP contribution in [0.1, 0.15) is 6.92 Å². The van der Waals surface area contributed by atoms with E-state index in [0.717, 1.165) is 0 Å². The summed E-state index contributed by atoms with van der Waals surface area (Å²) in [5.41, 5.74) is 0.480. The van der Waals surface area contributed by atoms with Gasteiger partial charge >= 0.3 is 5.97 Å². The van der Waals surface area contributed by atoms with Gasteiger partial charge in [0.25, 0.3) is 0 Å². The number of nitrogens with zero attached hydrogens (tertiary/aromatic N) is 1. The number of rotatable bonds is 2. The number of para-hydroxylation sites is 1. The molecule has 1 aliphatic heterocycles. The number of hydrogen-bond acceptors (Lipinski definition) is 4. The van der Waals surface area contributed by atoms with Gasteiger partial charge in [0.15, 0.2) is 9.84 Å². The van der Waals surface area contributed by atoms with E-state index in [0.29, 0.717) is 5.69 Å². The molecule has 92 valence electrons. The molecule has 2 rings (SSSR count). The summed E-state index contributed by atoms with van der Waals surface area (Å²) in [6.07, 6.45) is 0. The Balaban J connectivity index is 2.54. The summed E-state index contributed by atoms with van der Waals surface area (Å²) < 4.78 is 23.9. The number of sulfone groups is 1. The quantitative estimate of drug-likeness (QED) is 0.844. The van der Waals surface area contributed by atoms with Gasteiger partial charge in [-0.05, 0) is 19.1 Å². The maximum atomic E-state index is 11.9. The number of carboxylic acid groups (broad SMARTS) is 1. The van der Waals surface area contributed by atoms with Gasteiger partial charge in [-0.25, -0.2) is 8.42 Å². The third kappa shape index (κ3) is 2.12. The molecule has 0 radical (unpaired) electrons. The predicted octanol–water partition coefficient (Wildman–Crippen LogP) is 0.753. The van der Waals surface area contributed by atoms with Crippen molar-refractivity contribution < 1.29 is 18.3 Å². The molecule has 17 heavy (non-hydrogen) atoms. The van der Waals surface area contributed by atoms with E-state index in [1.165, 1.54) is 6.07 Å². The van der Waals surface area contributed by atoms with Crippen molar-refractivity contribution in [3.63, 3.8) is 0 Å². The molecular weight excluding hydrogens is 242 g/mol. The number of fused-ring (bicyclic) bond motifs is 1. The van der Waals surface area contributed by atoms with E-state index in [1.54, 1.807) is 30.0 Å². The van der Waals surface area contributed by atoms with Crippen LogP contribution in [0.3, 0.4) is 0 Å². The number of hydrogen-bond donors (Lipinski definition) is 1. The first-order valence-corrected chi connectivity index (χ1v) is 6.87. The Bertz CT molecular complexity index is 552. The van der Waals surface area contributed by atoms with Crippen LogP contribution in [-0.4, -0.2) is 37.8 Å². The lowest BCUT2D eigenvalue weighted by atomic mass is 10.2. The summed E-state index contributed by atoms with van der Waals surface area (Å²) >= 11 is 0. The number of carbonyl (C=O) groups is 1. The van der Waals surface area contributed by atoms with E-state index < -0.39 is 15.8 Å². The van der Waals surface area contributed by atoms with E-state index in [2.05, 4.69) is 0 Å². The second-order valence-electron chi connectivity index (χ2n) is 4.12. The highest BCUT2D eigenvalue weighted by atomic mass is 32.2. The van der Waals surface area contributed by atoms with E-state index in [-0.39, 0.29) is 23.2 Å². The van der Waals surface area contributed by atoms with Gasteiger partial charge in [0, 0.05) is 6.04 Å². The molecule has 0 saturated heterocycles. The number of anilines is 1. The smallest absolute Gasteiger partial charge is 0.323 e. The molecule has 1 unspecified atom stereocenters. The minimum atomic E-state index is -3.29. The molecule has 1 heterocycles. The molecule has 0 fully saturated rings. The Morgan fingerprint density at radius 3 is 2.76 bits per heavy atom. The summed E-state index contributed by atoms with van der Waals surface area (Å²) in [5, 5.41) is 8.85. The maximum absolute atomic E-state index is 11.9. The molecule has 0 aromatic heterocycles. The molecule has 5 nitrogen and oxygen atoms in total. The summed E-state index contributed by atoms with van der Waals surface area (Å²) in [6.45, 7) is 1.53. The molecule has 1 aliphatic rings. The van der Waals surface area contributed by atoms with Crippen LogP contribution in [0, 0.1) is 0 Å². The van der Waals surface area contributed by atoms with Crippen molar-refractivity contribution in [2.45, 2.75) is 17.9 Å². The fourth-order valence-electron chi connectivity index (χ4n) is 2.08. The molecule has 0 saturated carbocycles. The van der Waals surface area contributed by atoms with Gasteiger partial charge in [0.2, 0.25) is 0 Å².